The number of rotatable bonds is 4. The Morgan fingerprint density at radius 1 is 1.00 bits per heavy atom. The van der Waals surface area contributed by atoms with E-state index in [0.717, 1.165) is 11.4 Å². The largest absolute Gasteiger partial charge is 0.489 e. The van der Waals surface area contributed by atoms with Gasteiger partial charge in [-0.15, -0.1) is 0 Å². The van der Waals surface area contributed by atoms with E-state index in [9.17, 15) is 0 Å². The summed E-state index contributed by atoms with van der Waals surface area (Å²) in [6.45, 7) is 0.590. The highest BCUT2D eigenvalue weighted by Gasteiger charge is 1.96. The van der Waals surface area contributed by atoms with Crippen LogP contribution in [-0.2, 0) is 6.61 Å². The predicted molar refractivity (Wildman–Crippen MR) is 69.8 cm³/mol. The van der Waals surface area contributed by atoms with Crippen molar-refractivity contribution >= 4 is 21.8 Å². The van der Waals surface area contributed by atoms with Gasteiger partial charge in [0.15, 0.2) is 0 Å². The van der Waals surface area contributed by atoms with Crippen molar-refractivity contribution in [3.8, 4) is 5.75 Å². The molecule has 1 N–H and O–H groups in total. The Balaban J connectivity index is 1.99. The van der Waals surface area contributed by atoms with Crippen LogP contribution in [0.5, 0.6) is 5.75 Å². The number of benzene rings is 2. The van der Waals surface area contributed by atoms with Gasteiger partial charge in [-0.05, 0) is 17.7 Å². The van der Waals surface area contributed by atoms with Crippen molar-refractivity contribution in [3.05, 3.63) is 60.2 Å². The molecule has 0 saturated carbocycles. The van der Waals surface area contributed by atoms with E-state index in [1.54, 1.807) is 0 Å². The molecule has 0 fully saturated rings. The lowest BCUT2D eigenvalue weighted by atomic mass is 10.2. The van der Waals surface area contributed by atoms with Gasteiger partial charge in [0.1, 0.15) is 12.4 Å². The Morgan fingerprint density at radius 3 is 2.56 bits per heavy atom. The zero-order valence-corrected chi connectivity index (χ0v) is 10.3. The quantitative estimate of drug-likeness (QED) is 0.854. The second kappa shape index (κ2) is 5.56. The lowest BCUT2D eigenvalue weighted by Crippen LogP contribution is -1.95. The molecule has 82 valence electrons. The first-order chi connectivity index (χ1) is 7.88. The van der Waals surface area contributed by atoms with Crippen LogP contribution in [0.25, 0.3) is 0 Å². The van der Waals surface area contributed by atoms with Crippen LogP contribution in [0, 0.1) is 0 Å². The number of nitrogens with one attached hydrogen (secondary N) is 1. The lowest BCUT2D eigenvalue weighted by Gasteiger charge is -2.07. The zero-order chi connectivity index (χ0) is 11.2. The Bertz CT molecular complexity index is 445. The molecule has 0 heterocycles. The van der Waals surface area contributed by atoms with Gasteiger partial charge in [-0.1, -0.05) is 36.4 Å². The molecule has 0 atom stereocenters. The summed E-state index contributed by atoms with van der Waals surface area (Å²) in [7, 11) is 0. The molecule has 2 aromatic rings. The molecule has 0 saturated heterocycles. The van der Waals surface area contributed by atoms with E-state index >= 15 is 0 Å². The minimum Gasteiger partial charge on any atom is -0.489 e. The molecule has 0 bridgehead atoms. The molecule has 0 spiro atoms. The Labute approximate surface area is 104 Å². The first kappa shape index (κ1) is 11.0. The predicted octanol–water partition coefficient (Wildman–Crippen LogP) is 3.99. The third-order valence-corrected chi connectivity index (χ3v) is 2.65. The summed E-state index contributed by atoms with van der Waals surface area (Å²) >= 11 is 3.18. The highest BCUT2D eigenvalue weighted by molar-refractivity contribution is 9.10. The number of hydrogen-bond donors (Lipinski definition) is 1. The lowest BCUT2D eigenvalue weighted by molar-refractivity contribution is 0.306. The molecule has 0 aliphatic carbocycles. The molecule has 2 aromatic carbocycles. The van der Waals surface area contributed by atoms with Crippen molar-refractivity contribution in [3.63, 3.8) is 0 Å². The molecule has 0 aromatic heterocycles. The maximum absolute atomic E-state index is 5.67. The van der Waals surface area contributed by atoms with Crippen LogP contribution in [0.4, 0.5) is 5.69 Å². The van der Waals surface area contributed by atoms with E-state index in [2.05, 4.69) is 20.5 Å². The van der Waals surface area contributed by atoms with E-state index in [1.807, 2.05) is 54.6 Å². The fourth-order valence-electron chi connectivity index (χ4n) is 1.39. The summed E-state index contributed by atoms with van der Waals surface area (Å²) in [5.41, 5.74) is 2.14. The topological polar surface area (TPSA) is 21.3 Å². The highest BCUT2D eigenvalue weighted by Crippen LogP contribution is 2.19. The second-order valence-electron chi connectivity index (χ2n) is 3.40. The van der Waals surface area contributed by atoms with E-state index in [-0.39, 0.29) is 0 Å². The summed E-state index contributed by atoms with van der Waals surface area (Å²) < 4.78 is 8.57. The van der Waals surface area contributed by atoms with Crippen molar-refractivity contribution in [1.82, 2.24) is 0 Å². The molecule has 0 radical (unpaired) electrons. The van der Waals surface area contributed by atoms with Crippen LogP contribution < -0.4 is 9.08 Å². The highest BCUT2D eigenvalue weighted by atomic mass is 79.9. The minimum absolute atomic E-state index is 0.590. The van der Waals surface area contributed by atoms with Crippen molar-refractivity contribution in [1.29, 1.82) is 0 Å². The summed E-state index contributed by atoms with van der Waals surface area (Å²) in [4.78, 5) is 0. The first-order valence-electron chi connectivity index (χ1n) is 5.02. The minimum atomic E-state index is 0.590. The third kappa shape index (κ3) is 3.00. The van der Waals surface area contributed by atoms with Crippen LogP contribution in [-0.4, -0.2) is 0 Å². The van der Waals surface area contributed by atoms with E-state index < -0.39 is 0 Å². The average molecular weight is 278 g/mol. The maximum Gasteiger partial charge on any atom is 0.121 e. The molecule has 0 aliphatic heterocycles. The normalized spacial score (nSPS) is 9.81. The standard InChI is InChI=1S/C13H12BrNO/c14-15-12-7-4-8-13(9-12)16-10-11-5-2-1-3-6-11/h1-9,15H,10H2. The van der Waals surface area contributed by atoms with Gasteiger partial charge < -0.3 is 9.08 Å². The van der Waals surface area contributed by atoms with Crippen LogP contribution in [0.2, 0.25) is 0 Å². The molecule has 0 aliphatic rings. The fourth-order valence-corrected chi connectivity index (χ4v) is 1.63. The summed E-state index contributed by atoms with van der Waals surface area (Å²) in [5.74, 6) is 0.855. The maximum atomic E-state index is 5.67. The summed E-state index contributed by atoms with van der Waals surface area (Å²) in [5, 5.41) is 0. The van der Waals surface area contributed by atoms with E-state index in [0.29, 0.717) is 6.61 Å². The Morgan fingerprint density at radius 2 is 1.81 bits per heavy atom. The van der Waals surface area contributed by atoms with Crippen molar-refractivity contribution in [2.75, 3.05) is 4.34 Å². The smallest absolute Gasteiger partial charge is 0.121 e. The second-order valence-corrected chi connectivity index (χ2v) is 3.79. The van der Waals surface area contributed by atoms with Gasteiger partial charge in [0.2, 0.25) is 0 Å². The van der Waals surface area contributed by atoms with Crippen molar-refractivity contribution < 1.29 is 4.74 Å². The number of hydrogen-bond acceptors (Lipinski definition) is 2. The SMILES string of the molecule is BrNc1cccc(OCc2ccccc2)c1. The van der Waals surface area contributed by atoms with Gasteiger partial charge >= 0.3 is 0 Å². The summed E-state index contributed by atoms with van der Waals surface area (Å²) in [6, 6.07) is 17.9. The molecular formula is C13H12BrNO. The molecule has 2 nitrogen and oxygen atoms in total. The third-order valence-electron chi connectivity index (χ3n) is 2.19. The van der Waals surface area contributed by atoms with Crippen molar-refractivity contribution in [2.24, 2.45) is 0 Å². The van der Waals surface area contributed by atoms with Crippen LogP contribution >= 0.6 is 16.1 Å². The van der Waals surface area contributed by atoms with Gasteiger partial charge in [-0.3, -0.25) is 0 Å². The number of ether oxygens (including phenoxy) is 1. The zero-order valence-electron chi connectivity index (χ0n) is 8.69. The van der Waals surface area contributed by atoms with Crippen LogP contribution in [0.15, 0.2) is 54.6 Å². The molecule has 0 unspecified atom stereocenters. The molecule has 0 amide bonds. The number of anilines is 1. The van der Waals surface area contributed by atoms with E-state index in [4.69, 9.17) is 4.74 Å². The fraction of sp³-hybridized carbons (Fsp3) is 0.0769. The van der Waals surface area contributed by atoms with Gasteiger partial charge in [-0.2, -0.15) is 0 Å². The molecule has 3 heteroatoms. The molecule has 16 heavy (non-hydrogen) atoms. The van der Waals surface area contributed by atoms with Gasteiger partial charge in [0.05, 0.1) is 0 Å². The average Bonchev–Trinajstić information content (AvgIpc) is 2.38. The molecular weight excluding hydrogens is 266 g/mol. The monoisotopic (exact) mass is 277 g/mol. The Hall–Kier alpha value is -1.48. The first-order valence-corrected chi connectivity index (χ1v) is 5.81. The van der Waals surface area contributed by atoms with Gasteiger partial charge in [0, 0.05) is 27.9 Å². The molecule has 2 rings (SSSR count). The van der Waals surface area contributed by atoms with Gasteiger partial charge in [0.25, 0.3) is 0 Å². The number of halogens is 1. The van der Waals surface area contributed by atoms with Crippen molar-refractivity contribution in [2.45, 2.75) is 6.61 Å². The van der Waals surface area contributed by atoms with Gasteiger partial charge in [-0.25, -0.2) is 0 Å². The van der Waals surface area contributed by atoms with Crippen LogP contribution in [0.1, 0.15) is 5.56 Å². The van der Waals surface area contributed by atoms with Crippen LogP contribution in [0.3, 0.4) is 0 Å². The summed E-state index contributed by atoms with van der Waals surface area (Å²) in [6.07, 6.45) is 0. The Kier molecular flexibility index (Phi) is 3.83. The van der Waals surface area contributed by atoms with E-state index in [1.165, 1.54) is 5.56 Å².